The molecule has 0 heterocycles. The zero-order valence-electron chi connectivity index (χ0n) is 19.7. The minimum absolute atomic E-state index is 0.0315. The summed E-state index contributed by atoms with van der Waals surface area (Å²) in [7, 11) is 0. The van der Waals surface area contributed by atoms with Gasteiger partial charge in [-0.15, -0.1) is 0 Å². The van der Waals surface area contributed by atoms with Crippen molar-refractivity contribution in [3.8, 4) is 0 Å². The second kappa shape index (κ2) is 8.35. The van der Waals surface area contributed by atoms with E-state index in [-0.39, 0.29) is 17.4 Å². The first-order valence-electron chi connectivity index (χ1n) is 12.7. The number of ketones is 1. The van der Waals surface area contributed by atoms with E-state index in [0.717, 1.165) is 31.1 Å². The SMILES string of the molecule is C[C@@H](CO)CCC[C@@H](C)[C@H]1CC[C@H]2C3=CC(=O)[C@H]4C[C@@H](O)CC[C@]4(C)[C@H]3CC[C@]12C. The van der Waals surface area contributed by atoms with Crippen LogP contribution in [0.5, 0.6) is 0 Å². The highest BCUT2D eigenvalue weighted by molar-refractivity contribution is 5.94. The van der Waals surface area contributed by atoms with E-state index in [1.54, 1.807) is 0 Å². The Hall–Kier alpha value is -0.670. The van der Waals surface area contributed by atoms with Gasteiger partial charge in [-0.25, -0.2) is 0 Å². The summed E-state index contributed by atoms with van der Waals surface area (Å²) in [6.45, 7) is 9.79. The average Bonchev–Trinajstić information content (AvgIpc) is 3.06. The van der Waals surface area contributed by atoms with Gasteiger partial charge in [-0.1, -0.05) is 46.1 Å². The van der Waals surface area contributed by atoms with Crippen molar-refractivity contribution in [3.63, 3.8) is 0 Å². The first-order valence-corrected chi connectivity index (χ1v) is 12.7. The molecule has 2 N–H and O–H groups in total. The molecule has 170 valence electrons. The third kappa shape index (κ3) is 3.62. The normalized spacial score (nSPS) is 45.2. The lowest BCUT2D eigenvalue weighted by Gasteiger charge is -2.57. The minimum atomic E-state index is -0.291. The molecule has 9 atom stereocenters. The van der Waals surface area contributed by atoms with Gasteiger partial charge in [-0.3, -0.25) is 4.79 Å². The maximum Gasteiger partial charge on any atom is 0.159 e. The second-order valence-electron chi connectivity index (χ2n) is 12.1. The lowest BCUT2D eigenvalue weighted by Crippen LogP contribution is -2.52. The molecule has 0 spiro atoms. The molecule has 4 rings (SSSR count). The van der Waals surface area contributed by atoms with Crippen molar-refractivity contribution in [3.05, 3.63) is 11.6 Å². The van der Waals surface area contributed by atoms with E-state index >= 15 is 0 Å². The van der Waals surface area contributed by atoms with Gasteiger partial charge in [0.25, 0.3) is 0 Å². The van der Waals surface area contributed by atoms with E-state index in [0.29, 0.717) is 42.0 Å². The number of allylic oxidation sites excluding steroid dienone is 2. The predicted octanol–water partition coefficient (Wildman–Crippen LogP) is 5.54. The third-order valence-corrected chi connectivity index (χ3v) is 10.3. The molecule has 4 aliphatic rings. The van der Waals surface area contributed by atoms with Crippen LogP contribution in [0, 0.1) is 46.3 Å². The molecule has 0 aromatic carbocycles. The number of carbonyl (C=O) groups excluding carboxylic acids is 1. The van der Waals surface area contributed by atoms with Crippen molar-refractivity contribution in [1.82, 2.24) is 0 Å². The van der Waals surface area contributed by atoms with E-state index in [9.17, 15) is 15.0 Å². The largest absolute Gasteiger partial charge is 0.396 e. The topological polar surface area (TPSA) is 57.5 Å². The lowest BCUT2D eigenvalue weighted by atomic mass is 9.47. The van der Waals surface area contributed by atoms with Crippen LogP contribution in [0.15, 0.2) is 11.6 Å². The molecule has 0 amide bonds. The van der Waals surface area contributed by atoms with Crippen LogP contribution in [0.2, 0.25) is 0 Å². The highest BCUT2D eigenvalue weighted by Gasteiger charge is 2.59. The number of aliphatic hydroxyl groups excluding tert-OH is 2. The molecule has 0 unspecified atom stereocenters. The van der Waals surface area contributed by atoms with Gasteiger partial charge < -0.3 is 10.2 Å². The molecule has 3 heteroatoms. The Kier molecular flexibility index (Phi) is 6.27. The van der Waals surface area contributed by atoms with Gasteiger partial charge in [0, 0.05) is 12.5 Å². The molecule has 0 aromatic heterocycles. The van der Waals surface area contributed by atoms with Gasteiger partial charge in [0.15, 0.2) is 5.78 Å². The number of carbonyl (C=O) groups is 1. The lowest BCUT2D eigenvalue weighted by molar-refractivity contribution is -0.132. The first kappa shape index (κ1) is 22.5. The van der Waals surface area contributed by atoms with Crippen molar-refractivity contribution >= 4 is 5.78 Å². The Labute approximate surface area is 183 Å². The van der Waals surface area contributed by atoms with Gasteiger partial charge in [0.05, 0.1) is 6.10 Å². The quantitative estimate of drug-likeness (QED) is 0.598. The predicted molar refractivity (Wildman–Crippen MR) is 121 cm³/mol. The third-order valence-electron chi connectivity index (χ3n) is 10.3. The number of fused-ring (bicyclic) bond motifs is 5. The molecule has 4 aliphatic carbocycles. The fourth-order valence-corrected chi connectivity index (χ4v) is 8.40. The highest BCUT2D eigenvalue weighted by atomic mass is 16.3. The van der Waals surface area contributed by atoms with Gasteiger partial charge >= 0.3 is 0 Å². The van der Waals surface area contributed by atoms with E-state index in [1.165, 1.54) is 44.1 Å². The molecule has 3 nitrogen and oxygen atoms in total. The number of aliphatic hydroxyl groups is 2. The minimum Gasteiger partial charge on any atom is -0.396 e. The molecule has 0 aliphatic heterocycles. The highest BCUT2D eigenvalue weighted by Crippen LogP contribution is 2.66. The summed E-state index contributed by atoms with van der Waals surface area (Å²) in [4.78, 5) is 13.2. The van der Waals surface area contributed by atoms with Crippen molar-refractivity contribution in [2.45, 2.75) is 98.0 Å². The average molecular weight is 417 g/mol. The summed E-state index contributed by atoms with van der Waals surface area (Å²) >= 11 is 0. The molecule has 0 radical (unpaired) electrons. The summed E-state index contributed by atoms with van der Waals surface area (Å²) in [6, 6.07) is 0. The molecular formula is C27H44O3. The first-order chi connectivity index (χ1) is 14.2. The van der Waals surface area contributed by atoms with Crippen molar-refractivity contribution in [2.24, 2.45) is 46.3 Å². The number of hydrogen-bond acceptors (Lipinski definition) is 3. The number of hydrogen-bond donors (Lipinski definition) is 2. The zero-order chi connectivity index (χ0) is 21.7. The van der Waals surface area contributed by atoms with Crippen LogP contribution in [0.3, 0.4) is 0 Å². The summed E-state index contributed by atoms with van der Waals surface area (Å²) in [5.74, 6) is 3.35. The van der Waals surface area contributed by atoms with E-state index in [1.807, 2.05) is 0 Å². The molecule has 0 aromatic rings. The monoisotopic (exact) mass is 416 g/mol. The number of rotatable bonds is 6. The standard InChI is InChI=1S/C27H44O3/c1-17(16-28)6-5-7-18(2)21-8-9-22-20-15-25(30)24-14-19(29)10-12-27(24,4)23(20)11-13-26(21,22)3/h15,17-19,21-24,28-29H,5-14,16H2,1-4H3/t17-,18-,19+,21-,22+,23+,24-,26-,27-/m1/s1. The molecule has 3 saturated carbocycles. The van der Waals surface area contributed by atoms with Crippen LogP contribution in [0.25, 0.3) is 0 Å². The van der Waals surface area contributed by atoms with Crippen LogP contribution in [-0.4, -0.2) is 28.7 Å². The van der Waals surface area contributed by atoms with Crippen LogP contribution in [-0.2, 0) is 4.79 Å². The Morgan fingerprint density at radius 3 is 2.43 bits per heavy atom. The van der Waals surface area contributed by atoms with E-state index in [4.69, 9.17) is 0 Å². The summed E-state index contributed by atoms with van der Waals surface area (Å²) in [5.41, 5.74) is 1.89. The molecule has 30 heavy (non-hydrogen) atoms. The van der Waals surface area contributed by atoms with Crippen LogP contribution >= 0.6 is 0 Å². The van der Waals surface area contributed by atoms with Gasteiger partial charge in [0.2, 0.25) is 0 Å². The maximum absolute atomic E-state index is 13.2. The van der Waals surface area contributed by atoms with Crippen LogP contribution < -0.4 is 0 Å². The Morgan fingerprint density at radius 1 is 1.00 bits per heavy atom. The molecule has 0 bridgehead atoms. The maximum atomic E-state index is 13.2. The van der Waals surface area contributed by atoms with Crippen molar-refractivity contribution in [2.75, 3.05) is 6.61 Å². The Morgan fingerprint density at radius 2 is 1.70 bits per heavy atom. The van der Waals surface area contributed by atoms with Crippen LogP contribution in [0.1, 0.15) is 91.9 Å². The smallest absolute Gasteiger partial charge is 0.159 e. The van der Waals surface area contributed by atoms with Gasteiger partial charge in [-0.2, -0.15) is 0 Å². The second-order valence-corrected chi connectivity index (χ2v) is 12.1. The molecule has 0 saturated heterocycles. The van der Waals surface area contributed by atoms with Crippen molar-refractivity contribution < 1.29 is 15.0 Å². The molecular weight excluding hydrogens is 372 g/mol. The Bertz CT molecular complexity index is 684. The summed E-state index contributed by atoms with van der Waals surface area (Å²) in [6.07, 6.45) is 13.0. The van der Waals surface area contributed by atoms with Crippen molar-refractivity contribution in [1.29, 1.82) is 0 Å². The molecule has 3 fully saturated rings. The van der Waals surface area contributed by atoms with E-state index < -0.39 is 0 Å². The Balaban J connectivity index is 1.51. The van der Waals surface area contributed by atoms with E-state index in [2.05, 4.69) is 33.8 Å². The fraction of sp³-hybridized carbons (Fsp3) is 0.889. The fourth-order valence-electron chi connectivity index (χ4n) is 8.40. The van der Waals surface area contributed by atoms with Crippen LogP contribution in [0.4, 0.5) is 0 Å². The zero-order valence-corrected chi connectivity index (χ0v) is 19.7. The van der Waals surface area contributed by atoms with Gasteiger partial charge in [0.1, 0.15) is 0 Å². The summed E-state index contributed by atoms with van der Waals surface area (Å²) < 4.78 is 0. The van der Waals surface area contributed by atoms with Gasteiger partial charge in [-0.05, 0) is 97.9 Å². The summed E-state index contributed by atoms with van der Waals surface area (Å²) in [5, 5.41) is 19.5.